The zero-order chi connectivity index (χ0) is 18.0. The quantitative estimate of drug-likeness (QED) is 0.678. The van der Waals surface area contributed by atoms with Crippen LogP contribution in [0.3, 0.4) is 0 Å². The SMILES string of the molecule is CC1(C)CCCC(C)(C)N1OC(=O)CCc1c(Br)cccc1C=O. The van der Waals surface area contributed by atoms with Gasteiger partial charge < -0.3 is 4.84 Å². The van der Waals surface area contributed by atoms with Crippen LogP contribution in [0.4, 0.5) is 0 Å². The minimum Gasteiger partial charge on any atom is -0.367 e. The van der Waals surface area contributed by atoms with Crippen LogP contribution in [-0.4, -0.2) is 28.4 Å². The molecule has 0 bridgehead atoms. The van der Waals surface area contributed by atoms with Gasteiger partial charge in [-0.15, -0.1) is 5.06 Å². The largest absolute Gasteiger partial charge is 0.367 e. The van der Waals surface area contributed by atoms with E-state index >= 15 is 0 Å². The third kappa shape index (κ3) is 4.25. The van der Waals surface area contributed by atoms with E-state index < -0.39 is 0 Å². The Morgan fingerprint density at radius 3 is 2.46 bits per heavy atom. The zero-order valence-corrected chi connectivity index (χ0v) is 16.5. The van der Waals surface area contributed by atoms with Gasteiger partial charge in [0.25, 0.3) is 0 Å². The molecule has 1 aromatic carbocycles. The second-order valence-electron chi connectivity index (χ2n) is 7.66. The highest BCUT2D eigenvalue weighted by atomic mass is 79.9. The first-order chi connectivity index (χ1) is 11.2. The normalized spacial score (nSPS) is 19.7. The summed E-state index contributed by atoms with van der Waals surface area (Å²) >= 11 is 3.45. The predicted octanol–water partition coefficient (Wildman–Crippen LogP) is 4.70. The van der Waals surface area contributed by atoms with Crippen LogP contribution in [0.5, 0.6) is 0 Å². The molecule has 1 heterocycles. The van der Waals surface area contributed by atoms with Crippen LogP contribution >= 0.6 is 15.9 Å². The van der Waals surface area contributed by atoms with E-state index in [1.807, 2.05) is 17.2 Å². The second-order valence-corrected chi connectivity index (χ2v) is 8.52. The van der Waals surface area contributed by atoms with Crippen LogP contribution in [0, 0.1) is 0 Å². The molecule has 1 saturated heterocycles. The van der Waals surface area contributed by atoms with Crippen molar-refractivity contribution < 1.29 is 14.4 Å². The van der Waals surface area contributed by atoms with Crippen molar-refractivity contribution in [3.63, 3.8) is 0 Å². The number of nitrogens with zero attached hydrogens (tertiary/aromatic N) is 1. The molecular weight excluding hydrogens is 370 g/mol. The minimum absolute atomic E-state index is 0.168. The van der Waals surface area contributed by atoms with Crippen molar-refractivity contribution in [3.8, 4) is 0 Å². The molecule has 0 unspecified atom stereocenters. The summed E-state index contributed by atoms with van der Waals surface area (Å²) in [5.74, 6) is -0.259. The van der Waals surface area contributed by atoms with Crippen LogP contribution in [0.15, 0.2) is 22.7 Å². The maximum atomic E-state index is 12.4. The molecule has 0 spiro atoms. The Labute approximate surface area is 152 Å². The summed E-state index contributed by atoms with van der Waals surface area (Å²) in [6, 6.07) is 5.45. The van der Waals surface area contributed by atoms with Crippen LogP contribution in [0.25, 0.3) is 0 Å². The van der Waals surface area contributed by atoms with Crippen molar-refractivity contribution in [2.45, 2.75) is 70.9 Å². The van der Waals surface area contributed by atoms with E-state index in [-0.39, 0.29) is 23.5 Å². The Kier molecular flexibility index (Phi) is 5.87. The molecule has 24 heavy (non-hydrogen) atoms. The summed E-state index contributed by atoms with van der Waals surface area (Å²) in [6.45, 7) is 8.44. The monoisotopic (exact) mass is 395 g/mol. The number of hydroxylamine groups is 2. The van der Waals surface area contributed by atoms with Crippen LogP contribution in [0.1, 0.15) is 69.3 Å². The summed E-state index contributed by atoms with van der Waals surface area (Å²) in [5.41, 5.74) is 1.12. The van der Waals surface area contributed by atoms with Crippen molar-refractivity contribution in [1.29, 1.82) is 0 Å². The Hall–Kier alpha value is -1.20. The van der Waals surface area contributed by atoms with Gasteiger partial charge in [-0.25, -0.2) is 0 Å². The Morgan fingerprint density at radius 2 is 1.88 bits per heavy atom. The molecule has 1 aliphatic rings. The molecular formula is C19H26BrNO3. The van der Waals surface area contributed by atoms with Crippen molar-refractivity contribution in [2.24, 2.45) is 0 Å². The molecule has 5 heteroatoms. The molecule has 0 N–H and O–H groups in total. The molecule has 132 valence electrons. The number of aldehydes is 1. The van der Waals surface area contributed by atoms with Crippen LogP contribution < -0.4 is 0 Å². The molecule has 0 aromatic heterocycles. The molecule has 0 aliphatic carbocycles. The molecule has 1 fully saturated rings. The lowest BCUT2D eigenvalue weighted by atomic mass is 9.82. The standard InChI is InChI=1S/C19H26BrNO3/c1-18(2)11-6-12-19(3,4)21(18)24-17(23)10-9-15-14(13-22)7-5-8-16(15)20/h5,7-8,13H,6,9-12H2,1-4H3. The van der Waals surface area contributed by atoms with Gasteiger partial charge in [0.2, 0.25) is 0 Å². The first-order valence-electron chi connectivity index (χ1n) is 8.41. The molecule has 0 radical (unpaired) electrons. The highest BCUT2D eigenvalue weighted by Crippen LogP contribution is 2.38. The van der Waals surface area contributed by atoms with Crippen molar-refractivity contribution in [2.75, 3.05) is 0 Å². The number of rotatable bonds is 5. The minimum atomic E-state index is -0.259. The molecule has 0 amide bonds. The molecule has 1 aromatic rings. The molecule has 2 rings (SSSR count). The maximum Gasteiger partial charge on any atom is 0.325 e. The maximum absolute atomic E-state index is 12.4. The predicted molar refractivity (Wildman–Crippen MR) is 97.8 cm³/mol. The summed E-state index contributed by atoms with van der Waals surface area (Å²) in [5, 5.41) is 1.87. The highest BCUT2D eigenvalue weighted by molar-refractivity contribution is 9.10. The molecule has 4 nitrogen and oxygen atoms in total. The van der Waals surface area contributed by atoms with E-state index in [4.69, 9.17) is 4.84 Å². The summed E-state index contributed by atoms with van der Waals surface area (Å²) in [4.78, 5) is 29.3. The topological polar surface area (TPSA) is 46.6 Å². The zero-order valence-electron chi connectivity index (χ0n) is 14.9. The lowest BCUT2D eigenvalue weighted by Gasteiger charge is -2.50. The van der Waals surface area contributed by atoms with Gasteiger partial charge >= 0.3 is 5.97 Å². The number of piperidine rings is 1. The van der Waals surface area contributed by atoms with Gasteiger partial charge in [0.05, 0.1) is 17.5 Å². The van der Waals surface area contributed by atoms with Gasteiger partial charge in [0, 0.05) is 10.0 Å². The smallest absolute Gasteiger partial charge is 0.325 e. The molecule has 1 aliphatic heterocycles. The second kappa shape index (κ2) is 7.36. The van der Waals surface area contributed by atoms with E-state index in [1.165, 1.54) is 0 Å². The molecule has 0 atom stereocenters. The van der Waals surface area contributed by atoms with Crippen molar-refractivity contribution in [3.05, 3.63) is 33.8 Å². The third-order valence-electron chi connectivity index (χ3n) is 4.73. The van der Waals surface area contributed by atoms with E-state index in [9.17, 15) is 9.59 Å². The first-order valence-corrected chi connectivity index (χ1v) is 9.20. The number of halogens is 1. The van der Waals surface area contributed by atoms with E-state index in [1.54, 1.807) is 6.07 Å². The van der Waals surface area contributed by atoms with E-state index in [0.29, 0.717) is 12.0 Å². The number of hydrogen-bond acceptors (Lipinski definition) is 4. The van der Waals surface area contributed by atoms with Gasteiger partial charge in [0.15, 0.2) is 0 Å². The lowest BCUT2D eigenvalue weighted by Crippen LogP contribution is -2.58. The fourth-order valence-electron chi connectivity index (χ4n) is 3.55. The van der Waals surface area contributed by atoms with Crippen molar-refractivity contribution >= 4 is 28.2 Å². The summed E-state index contributed by atoms with van der Waals surface area (Å²) in [7, 11) is 0. The van der Waals surface area contributed by atoms with E-state index in [0.717, 1.165) is 35.6 Å². The van der Waals surface area contributed by atoms with Gasteiger partial charge in [0.1, 0.15) is 6.29 Å². The van der Waals surface area contributed by atoms with Crippen LogP contribution in [0.2, 0.25) is 0 Å². The van der Waals surface area contributed by atoms with Gasteiger partial charge in [-0.3, -0.25) is 9.59 Å². The van der Waals surface area contributed by atoms with Crippen LogP contribution in [-0.2, 0) is 16.1 Å². The average molecular weight is 396 g/mol. The molecule has 0 saturated carbocycles. The Bertz CT molecular complexity index is 609. The number of hydrogen-bond donors (Lipinski definition) is 0. The Balaban J connectivity index is 2.05. The number of carbonyl (C=O) groups excluding carboxylic acids is 2. The first kappa shape index (κ1) is 19.1. The van der Waals surface area contributed by atoms with Crippen molar-refractivity contribution in [1.82, 2.24) is 5.06 Å². The number of carbonyl (C=O) groups is 2. The average Bonchev–Trinajstić information content (AvgIpc) is 2.49. The fourth-order valence-corrected chi connectivity index (χ4v) is 4.13. The van der Waals surface area contributed by atoms with E-state index in [2.05, 4.69) is 43.6 Å². The fraction of sp³-hybridized carbons (Fsp3) is 0.579. The van der Waals surface area contributed by atoms with Gasteiger partial charge in [-0.05, 0) is 65.0 Å². The summed E-state index contributed by atoms with van der Waals surface area (Å²) in [6.07, 6.45) is 4.68. The Morgan fingerprint density at radius 1 is 1.25 bits per heavy atom. The summed E-state index contributed by atoms with van der Waals surface area (Å²) < 4.78 is 0.846. The van der Waals surface area contributed by atoms with Gasteiger partial charge in [-0.2, -0.15) is 0 Å². The lowest BCUT2D eigenvalue weighted by molar-refractivity contribution is -0.265. The highest BCUT2D eigenvalue weighted by Gasteiger charge is 2.44. The number of benzene rings is 1. The third-order valence-corrected chi connectivity index (χ3v) is 5.47. The van der Waals surface area contributed by atoms with Gasteiger partial charge in [-0.1, -0.05) is 28.1 Å².